The molecule has 0 saturated carbocycles. The molecule has 0 fully saturated rings. The number of benzene rings is 10. The second-order valence-corrected chi connectivity index (χ2v) is 19.9. The van der Waals surface area contributed by atoms with Gasteiger partial charge in [-0.3, -0.25) is 0 Å². The Morgan fingerprint density at radius 3 is 0.443 bits per heavy atom. The molecule has 0 aliphatic heterocycles. The van der Waals surface area contributed by atoms with Crippen molar-refractivity contribution in [2.75, 3.05) is 35.5 Å². The molecule has 0 atom stereocenters. The van der Waals surface area contributed by atoms with Crippen LogP contribution in [0.2, 0.25) is 0 Å². The minimum atomic E-state index is 0.859. The van der Waals surface area contributed by atoms with Gasteiger partial charge in [0, 0.05) is 0 Å². The van der Waals surface area contributed by atoms with Crippen LogP contribution >= 0.6 is 0 Å². The lowest BCUT2D eigenvalue weighted by atomic mass is 9.82. The fourth-order valence-corrected chi connectivity index (χ4v) is 12.9. The zero-order chi connectivity index (χ0) is 49.3. The molecule has 5 nitrogen and oxygen atoms in total. The Bertz CT molecular complexity index is 3230. The van der Waals surface area contributed by atoms with Crippen molar-refractivity contribution in [3.05, 3.63) is 147 Å². The first kappa shape index (κ1) is 45.0. The predicted octanol–water partition coefficient (Wildman–Crippen LogP) is 17.2. The molecular formula is C65H60O5. The van der Waals surface area contributed by atoms with Gasteiger partial charge in [0.05, 0.1) is 35.5 Å². The molecule has 350 valence electrons. The molecule has 0 aliphatic rings. The highest BCUT2D eigenvalue weighted by atomic mass is 16.5. The van der Waals surface area contributed by atoms with Gasteiger partial charge >= 0.3 is 0 Å². The van der Waals surface area contributed by atoms with E-state index in [1.54, 1.807) is 35.5 Å². The quantitative estimate of drug-likeness (QED) is 0.128. The van der Waals surface area contributed by atoms with Crippen LogP contribution in [0.5, 0.6) is 28.7 Å². The summed E-state index contributed by atoms with van der Waals surface area (Å²) in [6.07, 6.45) is 0. The third kappa shape index (κ3) is 6.43. The Balaban J connectivity index is 1.47. The Morgan fingerprint density at radius 2 is 0.329 bits per heavy atom. The predicted molar refractivity (Wildman–Crippen MR) is 295 cm³/mol. The maximum absolute atomic E-state index is 5.88. The molecule has 70 heavy (non-hydrogen) atoms. The molecule has 5 heteroatoms. The molecule has 11 aromatic carbocycles. The molecule has 0 aromatic heterocycles. The number of hydrogen-bond donors (Lipinski definition) is 0. The van der Waals surface area contributed by atoms with Gasteiger partial charge in [0.2, 0.25) is 0 Å². The maximum Gasteiger partial charge on any atom is 0.119 e. The van der Waals surface area contributed by atoms with E-state index in [1.807, 2.05) is 0 Å². The van der Waals surface area contributed by atoms with E-state index in [0.29, 0.717) is 0 Å². The summed E-state index contributed by atoms with van der Waals surface area (Å²) in [7, 11) is 8.78. The average molecular weight is 921 g/mol. The third-order valence-electron chi connectivity index (χ3n) is 15.5. The molecule has 0 N–H and O–H groups in total. The second-order valence-electron chi connectivity index (χ2n) is 19.9. The number of hydrogen-bond acceptors (Lipinski definition) is 5. The molecule has 0 bridgehead atoms. The van der Waals surface area contributed by atoms with Crippen molar-refractivity contribution in [1.82, 2.24) is 0 Å². The fraction of sp³-hybridized carbons (Fsp3) is 0.231. The largest absolute Gasteiger partial charge is 0.497 e. The summed E-state index contributed by atoms with van der Waals surface area (Å²) in [4.78, 5) is 0. The molecule has 0 aliphatic carbocycles. The summed E-state index contributed by atoms with van der Waals surface area (Å²) >= 11 is 0. The lowest BCUT2D eigenvalue weighted by molar-refractivity contribution is 0.414. The summed E-state index contributed by atoms with van der Waals surface area (Å²) in [5.74, 6) is 4.30. The normalized spacial score (nSPS) is 11.9. The van der Waals surface area contributed by atoms with Crippen molar-refractivity contribution < 1.29 is 23.7 Å². The lowest BCUT2D eigenvalue weighted by Gasteiger charge is -2.22. The van der Waals surface area contributed by atoms with Crippen LogP contribution in [-0.2, 0) is 0 Å². The van der Waals surface area contributed by atoms with E-state index in [1.165, 1.54) is 165 Å². The minimum absolute atomic E-state index is 0.859. The maximum atomic E-state index is 5.88. The van der Waals surface area contributed by atoms with Crippen LogP contribution in [-0.4, -0.2) is 35.5 Å². The summed E-state index contributed by atoms with van der Waals surface area (Å²) in [6, 6.07) is 34.5. The summed E-state index contributed by atoms with van der Waals surface area (Å²) in [6.45, 7) is 22.3. The molecule has 0 unspecified atom stereocenters. The first-order chi connectivity index (χ1) is 33.6. The molecular weight excluding hydrogens is 861 g/mol. The van der Waals surface area contributed by atoms with Gasteiger partial charge in [-0.1, -0.05) is 0 Å². The fourth-order valence-electron chi connectivity index (χ4n) is 12.9. The van der Waals surface area contributed by atoms with Crippen molar-refractivity contribution >= 4 is 53.9 Å². The number of methoxy groups -OCH3 is 5. The van der Waals surface area contributed by atoms with Gasteiger partial charge in [0.1, 0.15) is 28.7 Å². The monoisotopic (exact) mass is 920 g/mol. The number of rotatable bonds is 10. The van der Waals surface area contributed by atoms with Gasteiger partial charge in [-0.2, -0.15) is 0 Å². The molecule has 0 heterocycles. The molecule has 0 amide bonds. The Kier molecular flexibility index (Phi) is 10.5. The first-order valence-electron chi connectivity index (χ1n) is 24.2. The minimum Gasteiger partial charge on any atom is -0.497 e. The van der Waals surface area contributed by atoms with Gasteiger partial charge in [0.15, 0.2) is 0 Å². The van der Waals surface area contributed by atoms with Crippen molar-refractivity contribution in [2.24, 2.45) is 0 Å². The summed E-state index contributed by atoms with van der Waals surface area (Å²) in [5, 5.41) is 12.7. The molecule has 11 rings (SSSR count). The highest BCUT2D eigenvalue weighted by Gasteiger charge is 2.32. The number of ether oxygens (including phenoxy) is 5. The van der Waals surface area contributed by atoms with E-state index in [4.69, 9.17) is 23.7 Å². The standard InChI is InChI=1S/C65H60O5/c1-31-16-41(66-11)17-32(2)56(31)46-26-52-48(58-35(5)20-43(68-13)21-36(58)6)28-54-50(60-39(9)24-45(70-15)25-40(60)10)30-55-49(59-37(7)22-44(69-14)23-38(59)8)29-53-47(57-33(3)18-42(67-12)19-34(57)4)27-51(46)61-62(52)64(54)65(55)63(53)61/h16-30H,1-15H3. The van der Waals surface area contributed by atoms with E-state index in [2.05, 4.69) is 160 Å². The zero-order valence-corrected chi connectivity index (χ0v) is 43.2. The molecule has 0 spiro atoms. The average Bonchev–Trinajstić information content (AvgIpc) is 3.68. The van der Waals surface area contributed by atoms with Gasteiger partial charge in [-0.05, 0) is 325 Å². The topological polar surface area (TPSA) is 46.2 Å². The van der Waals surface area contributed by atoms with Gasteiger partial charge in [-0.25, -0.2) is 0 Å². The molecule has 0 radical (unpaired) electrons. The van der Waals surface area contributed by atoms with Crippen LogP contribution < -0.4 is 23.7 Å². The van der Waals surface area contributed by atoms with Gasteiger partial charge in [0.25, 0.3) is 0 Å². The van der Waals surface area contributed by atoms with Crippen molar-refractivity contribution in [3.63, 3.8) is 0 Å². The Morgan fingerprint density at radius 1 is 0.200 bits per heavy atom. The third-order valence-corrected chi connectivity index (χ3v) is 15.5. The van der Waals surface area contributed by atoms with Crippen LogP contribution in [0.3, 0.4) is 0 Å². The van der Waals surface area contributed by atoms with Crippen LogP contribution in [0.4, 0.5) is 0 Å². The Labute approximate surface area is 411 Å². The van der Waals surface area contributed by atoms with Gasteiger partial charge < -0.3 is 23.7 Å². The highest BCUT2D eigenvalue weighted by Crippen LogP contribution is 2.59. The Hall–Kier alpha value is -7.50. The molecule has 11 aromatic rings. The van der Waals surface area contributed by atoms with Crippen molar-refractivity contribution in [2.45, 2.75) is 69.2 Å². The number of aryl methyl sites for hydroxylation is 10. The van der Waals surface area contributed by atoms with E-state index in [0.717, 1.165) is 28.7 Å². The zero-order valence-electron chi connectivity index (χ0n) is 43.2. The van der Waals surface area contributed by atoms with Crippen molar-refractivity contribution in [3.8, 4) is 84.4 Å². The van der Waals surface area contributed by atoms with Crippen LogP contribution in [0.1, 0.15) is 55.6 Å². The summed E-state index contributed by atoms with van der Waals surface area (Å²) < 4.78 is 29.4. The SMILES string of the molecule is COc1cc(C)c(-c2cc3c(-c4c(C)cc(OC)cc4C)cc4c(-c5c(C)cc(OC)cc5C)cc5c(-c6c(C)cc(OC)cc6C)cc6c(-c7c(C)cc(OC)cc7C)cc2c2c6c5c4c32)c(C)c1. The summed E-state index contributed by atoms with van der Waals surface area (Å²) in [5.41, 5.74) is 23.9. The van der Waals surface area contributed by atoms with Gasteiger partial charge in [-0.15, -0.1) is 0 Å². The van der Waals surface area contributed by atoms with Crippen LogP contribution in [0.15, 0.2) is 91.0 Å². The molecule has 0 saturated heterocycles. The van der Waals surface area contributed by atoms with E-state index in [9.17, 15) is 0 Å². The van der Waals surface area contributed by atoms with E-state index >= 15 is 0 Å². The highest BCUT2D eigenvalue weighted by molar-refractivity contribution is 6.49. The van der Waals surface area contributed by atoms with Crippen LogP contribution in [0, 0.1) is 69.2 Å². The van der Waals surface area contributed by atoms with Crippen LogP contribution in [0.25, 0.3) is 109 Å². The smallest absolute Gasteiger partial charge is 0.119 e. The second kappa shape index (κ2) is 16.3. The first-order valence-corrected chi connectivity index (χ1v) is 24.2. The lowest BCUT2D eigenvalue weighted by Crippen LogP contribution is -1.97. The van der Waals surface area contributed by atoms with Crippen molar-refractivity contribution in [1.29, 1.82) is 0 Å². The van der Waals surface area contributed by atoms with E-state index < -0.39 is 0 Å². The van der Waals surface area contributed by atoms with E-state index in [-0.39, 0.29) is 0 Å².